The Labute approximate surface area is 192 Å². The summed E-state index contributed by atoms with van der Waals surface area (Å²) in [6, 6.07) is 30.4. The Morgan fingerprint density at radius 2 is 1.53 bits per heavy atom. The molecular weight excluding hydrogens is 422 g/mol. The third kappa shape index (κ3) is 5.10. The lowest BCUT2D eigenvalue weighted by molar-refractivity contribution is 0.102. The van der Waals surface area contributed by atoms with Crippen LogP contribution in [0.25, 0.3) is 11.1 Å². The highest BCUT2D eigenvalue weighted by Gasteiger charge is 2.12. The summed E-state index contributed by atoms with van der Waals surface area (Å²) < 4.78 is 11.4. The van der Waals surface area contributed by atoms with Gasteiger partial charge in [-0.05, 0) is 53.6 Å². The highest BCUT2D eigenvalue weighted by atomic mass is 35.5. The van der Waals surface area contributed by atoms with Gasteiger partial charge in [-0.25, -0.2) is 0 Å². The topological polar surface area (TPSA) is 47.6 Å². The number of hydrogen-bond acceptors (Lipinski definition) is 3. The van der Waals surface area contributed by atoms with E-state index in [9.17, 15) is 4.79 Å². The van der Waals surface area contributed by atoms with E-state index in [-0.39, 0.29) is 12.5 Å². The van der Waals surface area contributed by atoms with Crippen molar-refractivity contribution in [1.82, 2.24) is 0 Å². The van der Waals surface area contributed by atoms with Gasteiger partial charge in [-0.3, -0.25) is 4.79 Å². The number of carbonyl (C=O) groups excluding carboxylic acids is 1. The predicted molar refractivity (Wildman–Crippen MR) is 129 cm³/mol. The van der Waals surface area contributed by atoms with Crippen LogP contribution in [0.2, 0.25) is 5.02 Å². The fourth-order valence-corrected chi connectivity index (χ4v) is 3.51. The van der Waals surface area contributed by atoms with Crippen LogP contribution in [-0.2, 0) is 6.61 Å². The Kier molecular flexibility index (Phi) is 6.73. The lowest BCUT2D eigenvalue weighted by atomic mass is 10.1. The van der Waals surface area contributed by atoms with Crippen LogP contribution < -0.4 is 14.8 Å². The van der Waals surface area contributed by atoms with Crippen LogP contribution in [0.4, 0.5) is 5.69 Å². The number of carbonyl (C=O) groups is 1. The van der Waals surface area contributed by atoms with Crippen molar-refractivity contribution in [1.29, 1.82) is 0 Å². The van der Waals surface area contributed by atoms with Gasteiger partial charge >= 0.3 is 0 Å². The molecule has 0 fully saturated rings. The second-order valence-corrected chi connectivity index (χ2v) is 7.55. The quantitative estimate of drug-likeness (QED) is 0.340. The number of nitrogens with one attached hydrogen (secondary N) is 1. The van der Waals surface area contributed by atoms with E-state index in [4.69, 9.17) is 21.1 Å². The zero-order valence-corrected chi connectivity index (χ0v) is 18.3. The molecule has 0 radical (unpaired) electrons. The number of amides is 1. The molecule has 0 aliphatic heterocycles. The van der Waals surface area contributed by atoms with E-state index in [0.717, 1.165) is 22.4 Å². The molecule has 0 aromatic heterocycles. The van der Waals surface area contributed by atoms with E-state index in [1.165, 1.54) is 0 Å². The Morgan fingerprint density at radius 3 is 2.25 bits per heavy atom. The molecule has 1 amide bonds. The smallest absolute Gasteiger partial charge is 0.255 e. The van der Waals surface area contributed by atoms with Crippen LogP contribution in [0.1, 0.15) is 15.9 Å². The van der Waals surface area contributed by atoms with Crippen LogP contribution in [0, 0.1) is 0 Å². The summed E-state index contributed by atoms with van der Waals surface area (Å²) in [5.74, 6) is 1.13. The molecule has 0 spiro atoms. The molecule has 0 atom stereocenters. The average molecular weight is 444 g/mol. The molecule has 0 saturated carbocycles. The van der Waals surface area contributed by atoms with Gasteiger partial charge in [-0.1, -0.05) is 66.2 Å². The third-order valence-corrected chi connectivity index (χ3v) is 5.35. The first-order chi connectivity index (χ1) is 15.6. The number of hydrogen-bond donors (Lipinski definition) is 1. The average Bonchev–Trinajstić information content (AvgIpc) is 2.85. The van der Waals surface area contributed by atoms with Crippen molar-refractivity contribution in [3.8, 4) is 22.6 Å². The van der Waals surface area contributed by atoms with E-state index in [1.54, 1.807) is 37.4 Å². The van der Waals surface area contributed by atoms with Crippen molar-refractivity contribution < 1.29 is 14.3 Å². The molecule has 0 aliphatic carbocycles. The lowest BCUT2D eigenvalue weighted by Crippen LogP contribution is -2.13. The van der Waals surface area contributed by atoms with E-state index >= 15 is 0 Å². The Hall–Kier alpha value is -3.76. The molecule has 0 unspecified atom stereocenters. The fraction of sp³-hybridized carbons (Fsp3) is 0.0741. The van der Waals surface area contributed by atoms with Crippen molar-refractivity contribution in [3.63, 3.8) is 0 Å². The number of ether oxygens (including phenoxy) is 2. The molecular formula is C27H22ClNO3. The molecule has 4 aromatic rings. The molecule has 0 aliphatic rings. The number of rotatable bonds is 7. The van der Waals surface area contributed by atoms with Gasteiger partial charge in [-0.15, -0.1) is 0 Å². The van der Waals surface area contributed by atoms with Crippen LogP contribution in [-0.4, -0.2) is 13.0 Å². The minimum absolute atomic E-state index is 0.255. The van der Waals surface area contributed by atoms with Crippen LogP contribution in [0.15, 0.2) is 97.1 Å². The third-order valence-electron chi connectivity index (χ3n) is 5.02. The SMILES string of the molecule is COc1ccc(C(=O)Nc2ccccc2Cl)cc1COc1ccc(-c2ccccc2)cc1. The summed E-state index contributed by atoms with van der Waals surface area (Å²) in [7, 11) is 1.59. The van der Waals surface area contributed by atoms with Crippen LogP contribution in [0.3, 0.4) is 0 Å². The number of halogens is 1. The minimum atomic E-state index is -0.255. The molecule has 0 bridgehead atoms. The molecule has 4 aromatic carbocycles. The summed E-state index contributed by atoms with van der Waals surface area (Å²) in [6.45, 7) is 0.265. The van der Waals surface area contributed by atoms with Gasteiger partial charge in [0.15, 0.2) is 0 Å². The first-order valence-electron chi connectivity index (χ1n) is 10.1. The van der Waals surface area contributed by atoms with E-state index in [0.29, 0.717) is 22.0 Å². The van der Waals surface area contributed by atoms with Gasteiger partial charge in [0.1, 0.15) is 18.1 Å². The first-order valence-corrected chi connectivity index (χ1v) is 10.5. The van der Waals surface area contributed by atoms with Gasteiger partial charge in [0.05, 0.1) is 17.8 Å². The largest absolute Gasteiger partial charge is 0.496 e. The summed E-state index contributed by atoms with van der Waals surface area (Å²) >= 11 is 6.15. The molecule has 4 nitrogen and oxygen atoms in total. The van der Waals surface area contributed by atoms with Crippen molar-refractivity contribution in [3.05, 3.63) is 113 Å². The van der Waals surface area contributed by atoms with Crippen molar-refractivity contribution in [2.24, 2.45) is 0 Å². The molecule has 160 valence electrons. The molecule has 32 heavy (non-hydrogen) atoms. The van der Waals surface area contributed by atoms with E-state index in [2.05, 4.69) is 17.4 Å². The second kappa shape index (κ2) is 10.0. The summed E-state index contributed by atoms with van der Waals surface area (Å²) in [4.78, 5) is 12.7. The predicted octanol–water partition coefficient (Wildman–Crippen LogP) is 6.85. The maximum absolute atomic E-state index is 12.7. The number of anilines is 1. The maximum Gasteiger partial charge on any atom is 0.255 e. The summed E-state index contributed by atoms with van der Waals surface area (Å²) in [6.07, 6.45) is 0. The normalized spacial score (nSPS) is 10.4. The highest BCUT2D eigenvalue weighted by molar-refractivity contribution is 6.33. The van der Waals surface area contributed by atoms with Gasteiger partial charge in [-0.2, -0.15) is 0 Å². The monoisotopic (exact) mass is 443 g/mol. The summed E-state index contributed by atoms with van der Waals surface area (Å²) in [5, 5.41) is 3.32. The Bertz CT molecular complexity index is 1210. The zero-order chi connectivity index (χ0) is 22.3. The highest BCUT2D eigenvalue weighted by Crippen LogP contribution is 2.26. The van der Waals surface area contributed by atoms with Gasteiger partial charge in [0.25, 0.3) is 5.91 Å². The minimum Gasteiger partial charge on any atom is -0.496 e. The van der Waals surface area contributed by atoms with Crippen LogP contribution >= 0.6 is 11.6 Å². The fourth-order valence-electron chi connectivity index (χ4n) is 3.32. The molecule has 0 saturated heterocycles. The maximum atomic E-state index is 12.7. The first kappa shape index (κ1) is 21.5. The van der Waals surface area contributed by atoms with E-state index in [1.807, 2.05) is 54.6 Å². The zero-order valence-electron chi connectivity index (χ0n) is 17.5. The molecule has 5 heteroatoms. The van der Waals surface area contributed by atoms with Crippen molar-refractivity contribution in [2.45, 2.75) is 6.61 Å². The van der Waals surface area contributed by atoms with Gasteiger partial charge in [0.2, 0.25) is 0 Å². The van der Waals surface area contributed by atoms with E-state index < -0.39 is 0 Å². The van der Waals surface area contributed by atoms with Crippen molar-refractivity contribution >= 4 is 23.2 Å². The standard InChI is InChI=1S/C27H22ClNO3/c1-31-26-16-13-21(27(30)29-25-10-6-5-9-24(25)28)17-22(26)18-32-23-14-11-20(12-15-23)19-7-3-2-4-8-19/h2-17H,18H2,1H3,(H,29,30). The van der Waals surface area contributed by atoms with Gasteiger partial charge < -0.3 is 14.8 Å². The number of para-hydroxylation sites is 1. The Morgan fingerprint density at radius 1 is 0.844 bits per heavy atom. The lowest BCUT2D eigenvalue weighted by Gasteiger charge is -2.13. The number of benzene rings is 4. The molecule has 4 rings (SSSR count). The summed E-state index contributed by atoms with van der Waals surface area (Å²) in [5.41, 5.74) is 4.09. The Balaban J connectivity index is 1.47. The molecule has 1 N–H and O–H groups in total. The van der Waals surface area contributed by atoms with Crippen molar-refractivity contribution in [2.75, 3.05) is 12.4 Å². The van der Waals surface area contributed by atoms with Gasteiger partial charge in [0, 0.05) is 11.1 Å². The number of methoxy groups -OCH3 is 1. The second-order valence-electron chi connectivity index (χ2n) is 7.14. The van der Waals surface area contributed by atoms with Crippen LogP contribution in [0.5, 0.6) is 11.5 Å². The molecule has 0 heterocycles.